The maximum atomic E-state index is 13.5. The Bertz CT molecular complexity index is 531. The zero-order chi connectivity index (χ0) is 15.3. The summed E-state index contributed by atoms with van der Waals surface area (Å²) >= 11 is 0. The van der Waals surface area contributed by atoms with E-state index in [2.05, 4.69) is 11.2 Å². The lowest BCUT2D eigenvalue weighted by molar-refractivity contribution is -0.137. The van der Waals surface area contributed by atoms with Crippen LogP contribution in [0.25, 0.3) is 0 Å². The Morgan fingerprint density at radius 1 is 1.45 bits per heavy atom. The van der Waals surface area contributed by atoms with Gasteiger partial charge in [0, 0.05) is 0 Å². The van der Waals surface area contributed by atoms with Gasteiger partial charge in [-0.3, -0.25) is 4.79 Å². The fraction of sp³-hybridized carbons (Fsp3) is 0.357. The summed E-state index contributed by atoms with van der Waals surface area (Å²) in [4.78, 5) is 11.8. The Balaban J connectivity index is 3.01. The molecule has 0 spiro atoms. The quantitative estimate of drug-likeness (QED) is 0.667. The van der Waals surface area contributed by atoms with Crippen molar-refractivity contribution < 1.29 is 22.4 Å². The molecule has 0 saturated carbocycles. The molecule has 1 rings (SSSR count). The van der Waals surface area contributed by atoms with Gasteiger partial charge in [0.15, 0.2) is 0 Å². The van der Waals surface area contributed by atoms with Crippen LogP contribution in [0.15, 0.2) is 18.2 Å². The Hall–Kier alpha value is -2.03. The zero-order valence-corrected chi connectivity index (χ0v) is 10.7. The third kappa shape index (κ3) is 3.98. The first-order chi connectivity index (χ1) is 9.29. The van der Waals surface area contributed by atoms with E-state index in [0.29, 0.717) is 31.0 Å². The van der Waals surface area contributed by atoms with E-state index in [1.54, 1.807) is 0 Å². The van der Waals surface area contributed by atoms with Crippen molar-refractivity contribution in [1.82, 2.24) is 5.32 Å². The monoisotopic (exact) mass is 287 g/mol. The van der Waals surface area contributed by atoms with Gasteiger partial charge >= 0.3 is 6.18 Å². The van der Waals surface area contributed by atoms with Gasteiger partial charge in [-0.2, -0.15) is 13.2 Å². The first-order valence-corrected chi connectivity index (χ1v) is 5.93. The number of amides is 1. The molecule has 1 aromatic carbocycles. The third-order valence-electron chi connectivity index (χ3n) is 2.62. The summed E-state index contributed by atoms with van der Waals surface area (Å²) in [6.07, 6.45) is 1.68. The molecular formula is C14H13F4NO. The smallest absolute Gasteiger partial charge is 0.338 e. The van der Waals surface area contributed by atoms with Gasteiger partial charge in [0.2, 0.25) is 0 Å². The average Bonchev–Trinajstić information content (AvgIpc) is 2.37. The number of hydrogen-bond acceptors (Lipinski definition) is 1. The van der Waals surface area contributed by atoms with Crippen LogP contribution in [0.3, 0.4) is 0 Å². The van der Waals surface area contributed by atoms with Crippen molar-refractivity contribution >= 4 is 5.91 Å². The van der Waals surface area contributed by atoms with Crippen LogP contribution < -0.4 is 5.32 Å². The van der Waals surface area contributed by atoms with Gasteiger partial charge in [-0.05, 0) is 24.6 Å². The number of carbonyl (C=O) groups excluding carboxylic acids is 1. The summed E-state index contributed by atoms with van der Waals surface area (Å²) in [6, 6.07) is 1.03. The predicted molar refractivity (Wildman–Crippen MR) is 66.4 cm³/mol. The van der Waals surface area contributed by atoms with Crippen LogP contribution in [0.5, 0.6) is 0 Å². The third-order valence-corrected chi connectivity index (χ3v) is 2.62. The minimum atomic E-state index is -4.64. The van der Waals surface area contributed by atoms with Gasteiger partial charge in [0.05, 0.1) is 17.2 Å². The molecule has 0 radical (unpaired) electrons. The second-order valence-electron chi connectivity index (χ2n) is 4.17. The minimum Gasteiger partial charge on any atom is -0.338 e. The topological polar surface area (TPSA) is 29.1 Å². The van der Waals surface area contributed by atoms with E-state index in [4.69, 9.17) is 6.42 Å². The average molecular weight is 287 g/mol. The van der Waals surface area contributed by atoms with Crippen molar-refractivity contribution in [1.29, 1.82) is 0 Å². The van der Waals surface area contributed by atoms with Crippen LogP contribution in [-0.4, -0.2) is 11.9 Å². The molecule has 1 atom stereocenters. The van der Waals surface area contributed by atoms with Crippen LogP contribution in [0.2, 0.25) is 0 Å². The summed E-state index contributed by atoms with van der Waals surface area (Å²) in [7, 11) is 0. The molecule has 108 valence electrons. The number of halogens is 4. The standard InChI is InChI=1S/C14H13F4NO/c1-3-5-10(4-2)19-13(20)11-8-9(14(16,17)18)6-7-12(11)15/h2,6-8,10H,3,5H2,1H3,(H,19,20). The number of rotatable bonds is 4. The van der Waals surface area contributed by atoms with E-state index < -0.39 is 35.1 Å². The molecule has 6 heteroatoms. The number of terminal acetylenes is 1. The van der Waals surface area contributed by atoms with Crippen molar-refractivity contribution in [3.8, 4) is 12.3 Å². The second-order valence-corrected chi connectivity index (χ2v) is 4.17. The van der Waals surface area contributed by atoms with E-state index >= 15 is 0 Å². The van der Waals surface area contributed by atoms with Gasteiger partial charge < -0.3 is 5.32 Å². The second kappa shape index (κ2) is 6.42. The van der Waals surface area contributed by atoms with Crippen molar-refractivity contribution in [2.24, 2.45) is 0 Å². The van der Waals surface area contributed by atoms with Crippen LogP contribution in [-0.2, 0) is 6.18 Å². The molecule has 2 nitrogen and oxygen atoms in total. The highest BCUT2D eigenvalue weighted by molar-refractivity contribution is 5.95. The lowest BCUT2D eigenvalue weighted by atomic mass is 10.1. The highest BCUT2D eigenvalue weighted by atomic mass is 19.4. The Labute approximate surface area is 114 Å². The molecule has 0 saturated heterocycles. The normalized spacial score (nSPS) is 12.6. The molecule has 0 heterocycles. The number of carbonyl (C=O) groups is 1. The number of hydrogen-bond donors (Lipinski definition) is 1. The molecular weight excluding hydrogens is 274 g/mol. The molecule has 0 aromatic heterocycles. The van der Waals surface area contributed by atoms with Gasteiger partial charge in [0.1, 0.15) is 5.82 Å². The van der Waals surface area contributed by atoms with Crippen LogP contribution >= 0.6 is 0 Å². The van der Waals surface area contributed by atoms with Crippen LogP contribution in [0, 0.1) is 18.2 Å². The summed E-state index contributed by atoms with van der Waals surface area (Å²) in [6.45, 7) is 1.83. The summed E-state index contributed by atoms with van der Waals surface area (Å²) < 4.78 is 51.0. The maximum absolute atomic E-state index is 13.5. The SMILES string of the molecule is C#CC(CCC)NC(=O)c1cc(C(F)(F)F)ccc1F. The highest BCUT2D eigenvalue weighted by Gasteiger charge is 2.32. The zero-order valence-electron chi connectivity index (χ0n) is 10.7. The molecule has 0 aliphatic heterocycles. The molecule has 1 N–H and O–H groups in total. The first-order valence-electron chi connectivity index (χ1n) is 5.93. The molecule has 0 aliphatic rings. The molecule has 0 bridgehead atoms. The van der Waals surface area contributed by atoms with Crippen molar-refractivity contribution in [3.63, 3.8) is 0 Å². The van der Waals surface area contributed by atoms with Gasteiger partial charge in [-0.25, -0.2) is 4.39 Å². The molecule has 1 unspecified atom stereocenters. The van der Waals surface area contributed by atoms with E-state index in [1.807, 2.05) is 6.92 Å². The first kappa shape index (κ1) is 16.0. The van der Waals surface area contributed by atoms with E-state index in [-0.39, 0.29) is 0 Å². The van der Waals surface area contributed by atoms with Crippen LogP contribution in [0.4, 0.5) is 17.6 Å². The van der Waals surface area contributed by atoms with E-state index in [9.17, 15) is 22.4 Å². The van der Waals surface area contributed by atoms with Gasteiger partial charge in [0.25, 0.3) is 5.91 Å². The fourth-order valence-electron chi connectivity index (χ4n) is 1.60. The van der Waals surface area contributed by atoms with Gasteiger partial charge in [-0.15, -0.1) is 6.42 Å². The molecule has 1 amide bonds. The fourth-order valence-corrected chi connectivity index (χ4v) is 1.60. The van der Waals surface area contributed by atoms with Crippen molar-refractivity contribution in [2.75, 3.05) is 0 Å². The number of nitrogens with one attached hydrogen (secondary N) is 1. The Kier molecular flexibility index (Phi) is 5.14. The lowest BCUT2D eigenvalue weighted by Gasteiger charge is -2.14. The maximum Gasteiger partial charge on any atom is 0.416 e. The van der Waals surface area contributed by atoms with E-state index in [0.717, 1.165) is 0 Å². The lowest BCUT2D eigenvalue weighted by Crippen LogP contribution is -2.34. The highest BCUT2D eigenvalue weighted by Crippen LogP contribution is 2.30. The van der Waals surface area contributed by atoms with Gasteiger partial charge in [-0.1, -0.05) is 19.3 Å². The molecule has 20 heavy (non-hydrogen) atoms. The Morgan fingerprint density at radius 3 is 2.60 bits per heavy atom. The van der Waals surface area contributed by atoms with Crippen molar-refractivity contribution in [2.45, 2.75) is 32.0 Å². The Morgan fingerprint density at radius 2 is 2.10 bits per heavy atom. The predicted octanol–water partition coefficient (Wildman–Crippen LogP) is 3.38. The number of alkyl halides is 3. The minimum absolute atomic E-state index is 0.461. The summed E-state index contributed by atoms with van der Waals surface area (Å²) in [5, 5.41) is 2.32. The molecule has 0 fully saturated rings. The summed E-state index contributed by atoms with van der Waals surface area (Å²) in [5.41, 5.74) is -1.76. The van der Waals surface area contributed by atoms with Crippen LogP contribution in [0.1, 0.15) is 35.7 Å². The van der Waals surface area contributed by atoms with E-state index in [1.165, 1.54) is 0 Å². The number of benzene rings is 1. The molecule has 0 aliphatic carbocycles. The van der Waals surface area contributed by atoms with Crippen molar-refractivity contribution in [3.05, 3.63) is 35.1 Å². The largest absolute Gasteiger partial charge is 0.416 e. The molecule has 1 aromatic rings. The summed E-state index contributed by atoms with van der Waals surface area (Å²) in [5.74, 6) is 0.312.